The third-order valence-corrected chi connectivity index (χ3v) is 2.75. The number of benzene rings is 1. The van der Waals surface area contributed by atoms with E-state index in [1.165, 1.54) is 0 Å². The van der Waals surface area contributed by atoms with Crippen LogP contribution in [0.3, 0.4) is 0 Å². The zero-order valence-corrected chi connectivity index (χ0v) is 14.1. The fourth-order valence-electron chi connectivity index (χ4n) is 1.63. The summed E-state index contributed by atoms with van der Waals surface area (Å²) in [5.41, 5.74) is 1.87. The average molecular weight is 322 g/mol. The van der Waals surface area contributed by atoms with Crippen LogP contribution in [0.25, 0.3) is 0 Å². The van der Waals surface area contributed by atoms with Crippen LogP contribution >= 0.6 is 24.8 Å². The summed E-state index contributed by atoms with van der Waals surface area (Å²) >= 11 is 0. The van der Waals surface area contributed by atoms with Crippen LogP contribution in [0.15, 0.2) is 24.3 Å². The molecular weight excluding hydrogens is 297 g/mol. The van der Waals surface area contributed by atoms with E-state index in [2.05, 4.69) is 15.5 Å². The summed E-state index contributed by atoms with van der Waals surface area (Å²) in [6.45, 7) is 3.50. The Morgan fingerprint density at radius 3 is 2.50 bits per heavy atom. The molecule has 0 bridgehead atoms. The number of hydrogen-bond acceptors (Lipinski definition) is 3. The first-order chi connectivity index (χ1) is 8.52. The molecule has 0 fully saturated rings. The van der Waals surface area contributed by atoms with Crippen molar-refractivity contribution in [1.82, 2.24) is 15.5 Å². The van der Waals surface area contributed by atoms with Crippen LogP contribution in [0.2, 0.25) is 0 Å². The number of halogens is 2. The minimum atomic E-state index is -0.0160. The number of carbonyl (C=O) groups is 1. The van der Waals surface area contributed by atoms with E-state index in [4.69, 9.17) is 0 Å². The molecule has 116 valence electrons. The summed E-state index contributed by atoms with van der Waals surface area (Å²) in [7, 11) is 5.91. The van der Waals surface area contributed by atoms with Crippen molar-refractivity contribution in [2.24, 2.45) is 0 Å². The fourth-order valence-corrected chi connectivity index (χ4v) is 1.63. The molecule has 4 nitrogen and oxygen atoms in total. The zero-order chi connectivity index (χ0) is 13.5. The molecule has 1 atom stereocenters. The Hall–Kier alpha value is -0.810. The van der Waals surface area contributed by atoms with Crippen molar-refractivity contribution >= 4 is 30.7 Å². The Labute approximate surface area is 134 Å². The van der Waals surface area contributed by atoms with Crippen molar-refractivity contribution in [3.63, 3.8) is 0 Å². The number of nitrogens with zero attached hydrogens (tertiary/aromatic N) is 1. The van der Waals surface area contributed by atoms with Crippen molar-refractivity contribution in [2.75, 3.05) is 27.7 Å². The molecule has 20 heavy (non-hydrogen) atoms. The maximum absolute atomic E-state index is 12.0. The lowest BCUT2D eigenvalue weighted by Gasteiger charge is -2.13. The average Bonchev–Trinajstić information content (AvgIpc) is 2.35. The monoisotopic (exact) mass is 321 g/mol. The summed E-state index contributed by atoms with van der Waals surface area (Å²) in [5, 5.41) is 6.00. The van der Waals surface area contributed by atoms with Gasteiger partial charge in [-0.15, -0.1) is 24.8 Å². The normalized spacial score (nSPS) is 11.2. The predicted molar refractivity (Wildman–Crippen MR) is 89.2 cm³/mol. The standard InChI is InChI=1S/C14H23N3O.2ClH/c1-11(15-2)9-16-14(18)13-7-5-6-12(8-13)10-17(3)4;;/h5-8,11,15H,9-10H2,1-4H3,(H,16,18);2*1H. The molecule has 1 rings (SSSR count). The first-order valence-corrected chi connectivity index (χ1v) is 6.22. The minimum absolute atomic E-state index is 0. The third kappa shape index (κ3) is 7.70. The minimum Gasteiger partial charge on any atom is -0.350 e. The first-order valence-electron chi connectivity index (χ1n) is 6.22. The van der Waals surface area contributed by atoms with E-state index in [1.54, 1.807) is 0 Å². The second-order valence-corrected chi connectivity index (χ2v) is 4.84. The van der Waals surface area contributed by atoms with E-state index in [1.807, 2.05) is 52.3 Å². The molecule has 0 heterocycles. The number of rotatable bonds is 6. The van der Waals surface area contributed by atoms with Gasteiger partial charge in [-0.05, 0) is 45.8 Å². The van der Waals surface area contributed by atoms with Gasteiger partial charge in [0.05, 0.1) is 0 Å². The first kappa shape index (κ1) is 21.5. The van der Waals surface area contributed by atoms with E-state index in [-0.39, 0.29) is 36.8 Å². The van der Waals surface area contributed by atoms with Crippen LogP contribution < -0.4 is 10.6 Å². The van der Waals surface area contributed by atoms with Gasteiger partial charge in [0, 0.05) is 24.7 Å². The van der Waals surface area contributed by atoms with Crippen molar-refractivity contribution in [3.8, 4) is 0 Å². The largest absolute Gasteiger partial charge is 0.350 e. The Kier molecular flexibility index (Phi) is 11.7. The van der Waals surface area contributed by atoms with Crippen molar-refractivity contribution in [2.45, 2.75) is 19.5 Å². The highest BCUT2D eigenvalue weighted by Gasteiger charge is 2.07. The number of carbonyl (C=O) groups excluding carboxylic acids is 1. The van der Waals surface area contributed by atoms with Gasteiger partial charge in [0.2, 0.25) is 0 Å². The molecule has 1 unspecified atom stereocenters. The van der Waals surface area contributed by atoms with Gasteiger partial charge < -0.3 is 15.5 Å². The lowest BCUT2D eigenvalue weighted by atomic mass is 10.1. The van der Waals surface area contributed by atoms with E-state index >= 15 is 0 Å². The number of amides is 1. The summed E-state index contributed by atoms with van der Waals surface area (Å²) in [5.74, 6) is -0.0160. The fraction of sp³-hybridized carbons (Fsp3) is 0.500. The van der Waals surface area contributed by atoms with Gasteiger partial charge in [-0.2, -0.15) is 0 Å². The highest BCUT2D eigenvalue weighted by atomic mass is 35.5. The van der Waals surface area contributed by atoms with Crippen LogP contribution in [-0.4, -0.2) is 44.5 Å². The van der Waals surface area contributed by atoms with Gasteiger partial charge in [0.25, 0.3) is 5.91 Å². The predicted octanol–water partition coefficient (Wildman–Crippen LogP) is 1.93. The summed E-state index contributed by atoms with van der Waals surface area (Å²) in [6.07, 6.45) is 0. The second kappa shape index (κ2) is 10.9. The van der Waals surface area contributed by atoms with Gasteiger partial charge in [0.1, 0.15) is 0 Å². The van der Waals surface area contributed by atoms with Crippen LogP contribution in [0, 0.1) is 0 Å². The Bertz CT molecular complexity index is 400. The lowest BCUT2D eigenvalue weighted by molar-refractivity contribution is 0.0950. The van der Waals surface area contributed by atoms with Crippen LogP contribution in [-0.2, 0) is 6.54 Å². The summed E-state index contributed by atoms with van der Waals surface area (Å²) in [6, 6.07) is 8.03. The molecular formula is C14H25Cl2N3O. The molecule has 6 heteroatoms. The van der Waals surface area contributed by atoms with Crippen LogP contribution in [0.4, 0.5) is 0 Å². The topological polar surface area (TPSA) is 44.4 Å². The van der Waals surface area contributed by atoms with Crippen LogP contribution in [0.1, 0.15) is 22.8 Å². The molecule has 0 aliphatic heterocycles. The van der Waals surface area contributed by atoms with Gasteiger partial charge in [-0.25, -0.2) is 0 Å². The number of nitrogens with one attached hydrogen (secondary N) is 2. The zero-order valence-electron chi connectivity index (χ0n) is 12.5. The molecule has 2 N–H and O–H groups in total. The smallest absolute Gasteiger partial charge is 0.251 e. The summed E-state index contributed by atoms with van der Waals surface area (Å²) < 4.78 is 0. The van der Waals surface area contributed by atoms with E-state index in [0.29, 0.717) is 6.54 Å². The van der Waals surface area contributed by atoms with Gasteiger partial charge in [-0.1, -0.05) is 12.1 Å². The molecule has 1 aromatic rings. The highest BCUT2D eigenvalue weighted by Crippen LogP contribution is 2.07. The van der Waals surface area contributed by atoms with Crippen molar-refractivity contribution < 1.29 is 4.79 Å². The number of hydrogen-bond donors (Lipinski definition) is 2. The van der Waals surface area contributed by atoms with Gasteiger partial charge in [-0.3, -0.25) is 4.79 Å². The highest BCUT2D eigenvalue weighted by molar-refractivity contribution is 5.94. The molecule has 0 spiro atoms. The molecule has 0 aliphatic rings. The van der Waals surface area contributed by atoms with Gasteiger partial charge in [0.15, 0.2) is 0 Å². The van der Waals surface area contributed by atoms with Crippen molar-refractivity contribution in [3.05, 3.63) is 35.4 Å². The summed E-state index contributed by atoms with van der Waals surface area (Å²) in [4.78, 5) is 14.0. The van der Waals surface area contributed by atoms with Crippen LogP contribution in [0.5, 0.6) is 0 Å². The SMILES string of the molecule is CNC(C)CNC(=O)c1cccc(CN(C)C)c1.Cl.Cl. The number of likely N-dealkylation sites (N-methyl/N-ethyl adjacent to an activating group) is 1. The molecule has 0 aliphatic carbocycles. The Morgan fingerprint density at radius 1 is 1.30 bits per heavy atom. The van der Waals surface area contributed by atoms with Crippen molar-refractivity contribution in [1.29, 1.82) is 0 Å². The maximum atomic E-state index is 12.0. The van der Waals surface area contributed by atoms with E-state index in [0.717, 1.165) is 17.7 Å². The Morgan fingerprint density at radius 2 is 1.95 bits per heavy atom. The van der Waals surface area contributed by atoms with E-state index < -0.39 is 0 Å². The molecule has 0 saturated carbocycles. The molecule has 1 amide bonds. The molecule has 0 radical (unpaired) electrons. The molecule has 0 aromatic heterocycles. The second-order valence-electron chi connectivity index (χ2n) is 4.84. The quantitative estimate of drug-likeness (QED) is 0.841. The maximum Gasteiger partial charge on any atom is 0.251 e. The van der Waals surface area contributed by atoms with Gasteiger partial charge >= 0.3 is 0 Å². The molecule has 0 saturated heterocycles. The lowest BCUT2D eigenvalue weighted by Crippen LogP contribution is -2.37. The van der Waals surface area contributed by atoms with E-state index in [9.17, 15) is 4.79 Å². The third-order valence-electron chi connectivity index (χ3n) is 2.75. The Balaban J connectivity index is 0. The molecule has 1 aromatic carbocycles.